The number of aromatic nitrogens is 4. The van der Waals surface area contributed by atoms with Gasteiger partial charge in [-0.15, -0.1) is 0 Å². The number of benzene rings is 1. The summed E-state index contributed by atoms with van der Waals surface area (Å²) in [5.74, 6) is 0.992. The van der Waals surface area contributed by atoms with Crippen LogP contribution in [0.1, 0.15) is 31.7 Å². The van der Waals surface area contributed by atoms with Crippen LogP contribution in [0.5, 0.6) is 0 Å². The molecule has 28 heavy (non-hydrogen) atoms. The van der Waals surface area contributed by atoms with Gasteiger partial charge in [-0.05, 0) is 49.4 Å². The summed E-state index contributed by atoms with van der Waals surface area (Å²) >= 11 is 6.74. The van der Waals surface area contributed by atoms with E-state index in [1.165, 1.54) is 5.56 Å². The van der Waals surface area contributed by atoms with Crippen LogP contribution in [0, 0.1) is 5.92 Å². The van der Waals surface area contributed by atoms with Crippen LogP contribution in [0.4, 0.5) is 0 Å². The fourth-order valence-corrected chi connectivity index (χ4v) is 5.06. The van der Waals surface area contributed by atoms with Crippen LogP contribution in [0.15, 0.2) is 30.7 Å². The summed E-state index contributed by atoms with van der Waals surface area (Å²) in [5.41, 5.74) is 3.50. The van der Waals surface area contributed by atoms with Gasteiger partial charge in [0.05, 0.1) is 42.9 Å². The van der Waals surface area contributed by atoms with Crippen LogP contribution >= 0.6 is 11.6 Å². The van der Waals surface area contributed by atoms with E-state index in [4.69, 9.17) is 16.3 Å². The van der Waals surface area contributed by atoms with Gasteiger partial charge in [0.15, 0.2) is 0 Å². The van der Waals surface area contributed by atoms with Gasteiger partial charge in [-0.3, -0.25) is 9.58 Å². The van der Waals surface area contributed by atoms with Crippen LogP contribution in [0.3, 0.4) is 0 Å². The molecule has 7 heteroatoms. The summed E-state index contributed by atoms with van der Waals surface area (Å²) in [6.45, 7) is 8.53. The Morgan fingerprint density at radius 2 is 2.04 bits per heavy atom. The van der Waals surface area contributed by atoms with E-state index >= 15 is 0 Å². The van der Waals surface area contributed by atoms with E-state index in [9.17, 15) is 0 Å². The fraction of sp³-hybridized carbons (Fsp3) is 0.524. The van der Waals surface area contributed by atoms with Crippen LogP contribution in [-0.2, 0) is 11.8 Å². The SMILES string of the molecule is C[C@H]1CN(C2(C)COC2)CC[C@@H]1c1cc2c(cnn2-c2cnn(C)c2)cc1Cl. The van der Waals surface area contributed by atoms with Crippen LogP contribution in [-0.4, -0.2) is 56.3 Å². The number of rotatable bonds is 3. The molecule has 0 aliphatic carbocycles. The molecular formula is C21H26ClN5O. The van der Waals surface area contributed by atoms with Gasteiger partial charge in [-0.2, -0.15) is 10.2 Å². The standard InChI is InChI=1S/C21H26ClN5O/c1-14-10-26(21(2)12-28-13-21)5-4-17(14)18-7-20-15(6-19(18)22)8-24-27(20)16-9-23-25(3)11-16/h6-9,11,14,17H,4-5,10,12-13H2,1-3H3/t14-,17-/m0/s1. The average molecular weight is 400 g/mol. The van der Waals surface area contributed by atoms with E-state index < -0.39 is 0 Å². The molecule has 0 radical (unpaired) electrons. The summed E-state index contributed by atoms with van der Waals surface area (Å²) in [7, 11) is 1.92. The molecule has 0 bridgehead atoms. The van der Waals surface area contributed by atoms with Crippen molar-refractivity contribution in [2.75, 3.05) is 26.3 Å². The van der Waals surface area contributed by atoms with Gasteiger partial charge in [0.25, 0.3) is 0 Å². The van der Waals surface area contributed by atoms with Gasteiger partial charge < -0.3 is 4.74 Å². The lowest BCUT2D eigenvalue weighted by Crippen LogP contribution is -2.62. The molecule has 2 aliphatic heterocycles. The highest BCUT2D eigenvalue weighted by molar-refractivity contribution is 6.32. The summed E-state index contributed by atoms with van der Waals surface area (Å²) in [6, 6.07) is 4.30. The Balaban J connectivity index is 1.48. The van der Waals surface area contributed by atoms with Crippen molar-refractivity contribution in [1.82, 2.24) is 24.5 Å². The zero-order chi connectivity index (χ0) is 19.5. The minimum Gasteiger partial charge on any atom is -0.377 e. The normalized spacial score (nSPS) is 25.1. The monoisotopic (exact) mass is 399 g/mol. The first kappa shape index (κ1) is 18.2. The molecule has 2 saturated heterocycles. The zero-order valence-electron chi connectivity index (χ0n) is 16.6. The number of hydrogen-bond acceptors (Lipinski definition) is 4. The zero-order valence-corrected chi connectivity index (χ0v) is 17.4. The largest absolute Gasteiger partial charge is 0.377 e. The first-order valence-electron chi connectivity index (χ1n) is 9.94. The number of likely N-dealkylation sites (tertiary alicyclic amines) is 1. The molecule has 4 heterocycles. The highest BCUT2D eigenvalue weighted by Crippen LogP contribution is 2.41. The Bertz CT molecular complexity index is 1020. The van der Waals surface area contributed by atoms with Gasteiger partial charge in [0.1, 0.15) is 5.69 Å². The molecule has 148 valence electrons. The molecular weight excluding hydrogens is 374 g/mol. The number of piperidine rings is 1. The van der Waals surface area contributed by atoms with Crippen molar-refractivity contribution in [1.29, 1.82) is 0 Å². The van der Waals surface area contributed by atoms with Crippen molar-refractivity contribution >= 4 is 22.5 Å². The summed E-state index contributed by atoms with van der Waals surface area (Å²) < 4.78 is 9.22. The Labute approximate surface area is 170 Å². The molecule has 0 N–H and O–H groups in total. The van der Waals surface area contributed by atoms with E-state index in [0.29, 0.717) is 11.8 Å². The number of ether oxygens (including phenoxy) is 1. The molecule has 0 unspecified atom stereocenters. The number of hydrogen-bond donors (Lipinski definition) is 0. The maximum atomic E-state index is 6.74. The predicted octanol–water partition coefficient (Wildman–Crippen LogP) is 3.63. The molecule has 0 amide bonds. The van der Waals surface area contributed by atoms with Crippen LogP contribution in [0.25, 0.3) is 16.6 Å². The first-order valence-corrected chi connectivity index (χ1v) is 10.3. The Morgan fingerprint density at radius 1 is 1.21 bits per heavy atom. The highest BCUT2D eigenvalue weighted by Gasteiger charge is 2.43. The van der Waals surface area contributed by atoms with Crippen molar-refractivity contribution in [3.8, 4) is 5.69 Å². The third kappa shape index (κ3) is 2.86. The number of nitrogens with zero attached hydrogens (tertiary/aromatic N) is 5. The lowest BCUT2D eigenvalue weighted by Gasteiger charge is -2.51. The maximum absolute atomic E-state index is 6.74. The van der Waals surface area contributed by atoms with Crippen molar-refractivity contribution < 1.29 is 4.74 Å². The summed E-state index contributed by atoms with van der Waals surface area (Å²) in [5, 5.41) is 10.8. The lowest BCUT2D eigenvalue weighted by atomic mass is 9.79. The molecule has 5 rings (SSSR count). The first-order chi connectivity index (χ1) is 13.4. The second-order valence-electron chi connectivity index (χ2n) is 8.67. The summed E-state index contributed by atoms with van der Waals surface area (Å²) in [4.78, 5) is 2.60. The van der Waals surface area contributed by atoms with Gasteiger partial charge in [-0.1, -0.05) is 18.5 Å². The van der Waals surface area contributed by atoms with Gasteiger partial charge >= 0.3 is 0 Å². The average Bonchev–Trinajstić information content (AvgIpc) is 3.24. The van der Waals surface area contributed by atoms with E-state index in [1.54, 1.807) is 4.68 Å². The van der Waals surface area contributed by atoms with Gasteiger partial charge in [-0.25, -0.2) is 4.68 Å². The predicted molar refractivity (Wildman–Crippen MR) is 110 cm³/mol. The number of aryl methyl sites for hydroxylation is 1. The smallest absolute Gasteiger partial charge is 0.103 e. The van der Waals surface area contributed by atoms with Crippen molar-refractivity contribution in [2.45, 2.75) is 31.7 Å². The van der Waals surface area contributed by atoms with Crippen molar-refractivity contribution in [3.63, 3.8) is 0 Å². The Morgan fingerprint density at radius 3 is 2.68 bits per heavy atom. The molecule has 2 aliphatic rings. The molecule has 6 nitrogen and oxygen atoms in total. The van der Waals surface area contributed by atoms with E-state index in [2.05, 4.69) is 41.1 Å². The van der Waals surface area contributed by atoms with Crippen molar-refractivity contribution in [2.24, 2.45) is 13.0 Å². The maximum Gasteiger partial charge on any atom is 0.103 e. The second kappa shape index (κ2) is 6.58. The summed E-state index contributed by atoms with van der Waals surface area (Å²) in [6.07, 6.45) is 6.80. The molecule has 1 aromatic carbocycles. The quantitative estimate of drug-likeness (QED) is 0.674. The fourth-order valence-electron chi connectivity index (χ4n) is 4.75. The van der Waals surface area contributed by atoms with E-state index in [0.717, 1.165) is 54.3 Å². The number of halogens is 1. The molecule has 3 aromatic rings. The second-order valence-corrected chi connectivity index (χ2v) is 9.08. The Kier molecular flexibility index (Phi) is 4.27. The number of fused-ring (bicyclic) bond motifs is 1. The third-order valence-electron chi connectivity index (χ3n) is 6.52. The van der Waals surface area contributed by atoms with Crippen LogP contribution < -0.4 is 0 Å². The molecule has 2 atom stereocenters. The van der Waals surface area contributed by atoms with E-state index in [-0.39, 0.29) is 5.54 Å². The van der Waals surface area contributed by atoms with Crippen molar-refractivity contribution in [3.05, 3.63) is 41.3 Å². The van der Waals surface area contributed by atoms with E-state index in [1.807, 2.05) is 30.3 Å². The molecule has 0 saturated carbocycles. The third-order valence-corrected chi connectivity index (χ3v) is 6.84. The Hall–Kier alpha value is -1.89. The molecule has 2 aromatic heterocycles. The highest BCUT2D eigenvalue weighted by atomic mass is 35.5. The minimum atomic E-state index is 0.214. The minimum absolute atomic E-state index is 0.214. The molecule has 0 spiro atoms. The van der Waals surface area contributed by atoms with Crippen LogP contribution in [0.2, 0.25) is 5.02 Å². The van der Waals surface area contributed by atoms with Gasteiger partial charge in [0, 0.05) is 24.0 Å². The van der Waals surface area contributed by atoms with Gasteiger partial charge in [0.2, 0.25) is 0 Å². The topological polar surface area (TPSA) is 48.1 Å². The molecule has 2 fully saturated rings. The lowest BCUT2D eigenvalue weighted by molar-refractivity contribution is -0.141.